The summed E-state index contributed by atoms with van der Waals surface area (Å²) in [4.78, 5) is 4.46. The number of hydrogen-bond acceptors (Lipinski definition) is 5. The summed E-state index contributed by atoms with van der Waals surface area (Å²) in [6.45, 7) is 0.396. The molecule has 152 valence electrons. The van der Waals surface area contributed by atoms with Crippen molar-refractivity contribution in [1.82, 2.24) is 8.96 Å². The predicted molar refractivity (Wildman–Crippen MR) is 114 cm³/mol. The molecule has 7 heteroatoms. The van der Waals surface area contributed by atoms with E-state index in [0.717, 1.165) is 5.56 Å². The number of ether oxygens (including phenoxy) is 2. The van der Waals surface area contributed by atoms with Crippen LogP contribution in [0.1, 0.15) is 5.56 Å². The summed E-state index contributed by atoms with van der Waals surface area (Å²) in [7, 11) is -2.22. The molecule has 0 radical (unpaired) electrons. The van der Waals surface area contributed by atoms with Gasteiger partial charge in [-0.3, -0.25) is 0 Å². The van der Waals surface area contributed by atoms with Crippen LogP contribution in [0.25, 0.3) is 11.4 Å². The number of rotatable bonds is 7. The molecular formula is C23H20N2O4S. The van der Waals surface area contributed by atoms with Gasteiger partial charge >= 0.3 is 0 Å². The molecule has 1 aromatic heterocycles. The molecule has 0 amide bonds. The van der Waals surface area contributed by atoms with Crippen molar-refractivity contribution in [2.45, 2.75) is 11.5 Å². The van der Waals surface area contributed by atoms with Crippen LogP contribution in [0, 0.1) is 0 Å². The summed E-state index contributed by atoms with van der Waals surface area (Å²) < 4.78 is 38.6. The van der Waals surface area contributed by atoms with Crippen LogP contribution in [0.3, 0.4) is 0 Å². The molecule has 30 heavy (non-hydrogen) atoms. The fourth-order valence-corrected chi connectivity index (χ4v) is 4.38. The Hall–Kier alpha value is -3.58. The lowest BCUT2D eigenvalue weighted by molar-refractivity contribution is 0.284. The number of benzene rings is 3. The molecule has 4 aromatic rings. The highest BCUT2D eigenvalue weighted by Crippen LogP contribution is 2.33. The van der Waals surface area contributed by atoms with Gasteiger partial charge in [-0.2, -0.15) is 0 Å². The van der Waals surface area contributed by atoms with Gasteiger partial charge in [-0.15, -0.1) is 0 Å². The minimum atomic E-state index is -3.77. The van der Waals surface area contributed by atoms with Gasteiger partial charge in [0, 0.05) is 18.0 Å². The van der Waals surface area contributed by atoms with Gasteiger partial charge in [-0.05, 0) is 35.9 Å². The molecule has 4 rings (SSSR count). The first-order valence-corrected chi connectivity index (χ1v) is 10.7. The van der Waals surface area contributed by atoms with E-state index in [4.69, 9.17) is 9.47 Å². The molecule has 0 atom stereocenters. The zero-order chi connectivity index (χ0) is 21.0. The first-order valence-electron chi connectivity index (χ1n) is 9.29. The Morgan fingerprint density at radius 3 is 2.30 bits per heavy atom. The fraction of sp³-hybridized carbons (Fsp3) is 0.0870. The van der Waals surface area contributed by atoms with Crippen molar-refractivity contribution in [3.63, 3.8) is 0 Å². The van der Waals surface area contributed by atoms with Crippen LogP contribution >= 0.6 is 0 Å². The molecule has 0 aliphatic rings. The largest absolute Gasteiger partial charge is 0.493 e. The first kappa shape index (κ1) is 19.7. The molecule has 0 N–H and O–H groups in total. The van der Waals surface area contributed by atoms with Crippen molar-refractivity contribution in [2.75, 3.05) is 7.11 Å². The molecule has 1 heterocycles. The fourth-order valence-electron chi connectivity index (χ4n) is 3.05. The van der Waals surface area contributed by atoms with E-state index in [0.29, 0.717) is 29.5 Å². The summed E-state index contributed by atoms with van der Waals surface area (Å²) in [5.41, 5.74) is 1.64. The molecule has 0 bridgehead atoms. The van der Waals surface area contributed by atoms with E-state index in [9.17, 15) is 8.42 Å². The number of aromatic nitrogens is 2. The van der Waals surface area contributed by atoms with Crippen LogP contribution in [0.4, 0.5) is 0 Å². The van der Waals surface area contributed by atoms with Gasteiger partial charge in [-0.1, -0.05) is 48.5 Å². The van der Waals surface area contributed by atoms with Gasteiger partial charge in [0.15, 0.2) is 17.3 Å². The maximum Gasteiger partial charge on any atom is 0.269 e. The van der Waals surface area contributed by atoms with Gasteiger partial charge in [0.25, 0.3) is 10.0 Å². The molecule has 0 saturated carbocycles. The van der Waals surface area contributed by atoms with Gasteiger partial charge in [-0.25, -0.2) is 17.4 Å². The Balaban J connectivity index is 1.65. The van der Waals surface area contributed by atoms with E-state index in [1.807, 2.05) is 30.3 Å². The lowest BCUT2D eigenvalue weighted by atomic mass is 10.2. The van der Waals surface area contributed by atoms with E-state index in [-0.39, 0.29) is 4.90 Å². The minimum Gasteiger partial charge on any atom is -0.493 e. The van der Waals surface area contributed by atoms with Crippen LogP contribution in [0.5, 0.6) is 11.5 Å². The van der Waals surface area contributed by atoms with Crippen molar-refractivity contribution in [3.05, 3.63) is 96.8 Å². The Bertz CT molecular complexity index is 1240. The second-order valence-electron chi connectivity index (χ2n) is 6.50. The second kappa shape index (κ2) is 8.42. The van der Waals surface area contributed by atoms with Crippen molar-refractivity contribution < 1.29 is 17.9 Å². The summed E-state index contributed by atoms with van der Waals surface area (Å²) in [5.74, 6) is 1.36. The normalized spacial score (nSPS) is 11.2. The number of hydrogen-bond donors (Lipinski definition) is 0. The highest BCUT2D eigenvalue weighted by atomic mass is 32.2. The minimum absolute atomic E-state index is 0.194. The standard InChI is InChI=1S/C23H20N2O4S/c1-28-22-16-19(12-13-21(22)29-17-18-8-4-2-5-9-18)23-24-14-15-25(23)30(26,27)20-10-6-3-7-11-20/h2-16H,17H2,1H3. The highest BCUT2D eigenvalue weighted by Gasteiger charge is 2.21. The van der Waals surface area contributed by atoms with Gasteiger partial charge in [0.2, 0.25) is 0 Å². The molecular weight excluding hydrogens is 400 g/mol. The van der Waals surface area contributed by atoms with E-state index in [1.165, 1.54) is 16.4 Å². The van der Waals surface area contributed by atoms with Gasteiger partial charge in [0.05, 0.1) is 12.0 Å². The lowest BCUT2D eigenvalue weighted by Gasteiger charge is -2.13. The predicted octanol–water partition coefficient (Wildman–Crippen LogP) is 4.37. The molecule has 0 spiro atoms. The highest BCUT2D eigenvalue weighted by molar-refractivity contribution is 7.90. The topological polar surface area (TPSA) is 70.4 Å². The lowest BCUT2D eigenvalue weighted by Crippen LogP contribution is -2.13. The van der Waals surface area contributed by atoms with E-state index >= 15 is 0 Å². The molecule has 0 aliphatic carbocycles. The van der Waals surface area contributed by atoms with E-state index in [2.05, 4.69) is 4.98 Å². The Labute approximate surface area is 175 Å². The van der Waals surface area contributed by atoms with Crippen LogP contribution < -0.4 is 9.47 Å². The summed E-state index contributed by atoms with van der Waals surface area (Å²) in [5, 5.41) is 0. The molecule has 6 nitrogen and oxygen atoms in total. The van der Waals surface area contributed by atoms with Crippen LogP contribution in [0.2, 0.25) is 0 Å². The van der Waals surface area contributed by atoms with Gasteiger partial charge in [0.1, 0.15) is 6.61 Å². The van der Waals surface area contributed by atoms with Crippen LogP contribution in [0.15, 0.2) is 96.2 Å². The smallest absolute Gasteiger partial charge is 0.269 e. The Morgan fingerprint density at radius 1 is 0.900 bits per heavy atom. The maximum absolute atomic E-state index is 13.0. The van der Waals surface area contributed by atoms with Crippen molar-refractivity contribution >= 4 is 10.0 Å². The SMILES string of the molecule is COc1cc(-c2nccn2S(=O)(=O)c2ccccc2)ccc1OCc1ccccc1. The quantitative estimate of drug-likeness (QED) is 0.444. The summed E-state index contributed by atoms with van der Waals surface area (Å²) in [6, 6.07) is 23.3. The van der Waals surface area contributed by atoms with Crippen molar-refractivity contribution in [3.8, 4) is 22.9 Å². The Kier molecular flexibility index (Phi) is 5.54. The van der Waals surface area contributed by atoms with Crippen molar-refractivity contribution in [2.24, 2.45) is 0 Å². The average molecular weight is 420 g/mol. The molecule has 3 aromatic carbocycles. The van der Waals surface area contributed by atoms with E-state index in [1.54, 1.807) is 55.6 Å². The van der Waals surface area contributed by atoms with Crippen LogP contribution in [-0.2, 0) is 16.6 Å². The van der Waals surface area contributed by atoms with Crippen molar-refractivity contribution in [1.29, 1.82) is 0 Å². The Morgan fingerprint density at radius 2 is 1.60 bits per heavy atom. The molecule has 0 unspecified atom stereocenters. The maximum atomic E-state index is 13.0. The zero-order valence-electron chi connectivity index (χ0n) is 16.3. The first-order chi connectivity index (χ1) is 14.6. The summed E-state index contributed by atoms with van der Waals surface area (Å²) >= 11 is 0. The van der Waals surface area contributed by atoms with Gasteiger partial charge < -0.3 is 9.47 Å². The number of methoxy groups -OCH3 is 1. The van der Waals surface area contributed by atoms with E-state index < -0.39 is 10.0 Å². The third kappa shape index (κ3) is 3.92. The average Bonchev–Trinajstić information content (AvgIpc) is 3.30. The second-order valence-corrected chi connectivity index (χ2v) is 8.32. The molecule has 0 aliphatic heterocycles. The third-order valence-electron chi connectivity index (χ3n) is 4.57. The molecule has 0 saturated heterocycles. The summed E-state index contributed by atoms with van der Waals surface area (Å²) in [6.07, 6.45) is 2.89. The molecule has 0 fully saturated rings. The zero-order valence-corrected chi connectivity index (χ0v) is 17.1. The van der Waals surface area contributed by atoms with Crippen LogP contribution in [-0.4, -0.2) is 24.5 Å². The number of nitrogens with zero attached hydrogens (tertiary/aromatic N) is 2. The number of imidazole rings is 1. The third-order valence-corrected chi connectivity index (χ3v) is 6.25. The monoisotopic (exact) mass is 420 g/mol.